The molecular formula is C16H23N3OS. The van der Waals surface area contributed by atoms with E-state index in [9.17, 15) is 0 Å². The van der Waals surface area contributed by atoms with Gasteiger partial charge in [-0.1, -0.05) is 6.07 Å². The number of benzene rings is 1. The molecule has 0 radical (unpaired) electrons. The smallest absolute Gasteiger partial charge is 0.185 e. The van der Waals surface area contributed by atoms with Gasteiger partial charge in [0, 0.05) is 24.2 Å². The fourth-order valence-electron chi connectivity index (χ4n) is 2.15. The Hall–Kier alpha value is -1.75. The van der Waals surface area contributed by atoms with Gasteiger partial charge in [-0.2, -0.15) is 0 Å². The van der Waals surface area contributed by atoms with E-state index in [4.69, 9.17) is 4.74 Å². The van der Waals surface area contributed by atoms with E-state index in [0.29, 0.717) is 0 Å². The number of nitrogens with zero attached hydrogens (tertiary/aromatic N) is 2. The van der Waals surface area contributed by atoms with Gasteiger partial charge in [0.05, 0.1) is 19.3 Å². The molecule has 21 heavy (non-hydrogen) atoms. The maximum absolute atomic E-state index is 5.41. The fraction of sp³-hybridized carbons (Fsp3) is 0.438. The molecule has 2 rings (SSSR count). The van der Waals surface area contributed by atoms with Crippen LogP contribution in [-0.2, 0) is 6.54 Å². The summed E-state index contributed by atoms with van der Waals surface area (Å²) >= 11 is 1.74. The highest BCUT2D eigenvalue weighted by molar-refractivity contribution is 7.15. The van der Waals surface area contributed by atoms with Gasteiger partial charge in [0.25, 0.3) is 0 Å². The quantitative estimate of drug-likeness (QED) is 0.841. The van der Waals surface area contributed by atoms with Crippen LogP contribution in [0, 0.1) is 6.92 Å². The molecule has 5 heteroatoms. The van der Waals surface area contributed by atoms with Crippen molar-refractivity contribution in [1.82, 2.24) is 4.98 Å². The van der Waals surface area contributed by atoms with Gasteiger partial charge in [-0.3, -0.25) is 0 Å². The Morgan fingerprint density at radius 2 is 2.05 bits per heavy atom. The topological polar surface area (TPSA) is 37.4 Å². The predicted octanol–water partition coefficient (Wildman–Crippen LogP) is 3.92. The molecule has 1 N–H and O–H groups in total. The summed E-state index contributed by atoms with van der Waals surface area (Å²) in [5, 5.41) is 4.51. The first-order chi connectivity index (χ1) is 10.2. The van der Waals surface area contributed by atoms with Crippen molar-refractivity contribution >= 4 is 22.2 Å². The van der Waals surface area contributed by atoms with Crippen molar-refractivity contribution in [3.05, 3.63) is 34.8 Å². The molecule has 1 heterocycles. The maximum atomic E-state index is 5.41. The summed E-state index contributed by atoms with van der Waals surface area (Å²) in [5.74, 6) is 0.878. The fourth-order valence-corrected chi connectivity index (χ4v) is 3.12. The van der Waals surface area contributed by atoms with E-state index in [2.05, 4.69) is 48.1 Å². The third-order valence-corrected chi connectivity index (χ3v) is 4.44. The van der Waals surface area contributed by atoms with Crippen LogP contribution in [0.5, 0.6) is 5.75 Å². The summed E-state index contributed by atoms with van der Waals surface area (Å²) in [6.45, 7) is 9.11. The zero-order valence-corrected chi connectivity index (χ0v) is 14.0. The molecule has 0 spiro atoms. The molecule has 0 bridgehead atoms. The SMILES string of the molecule is CCN(CC)c1ncc(CNc2ccc(C)cc2OC)s1. The zero-order chi connectivity index (χ0) is 15.2. The number of hydrogen-bond donors (Lipinski definition) is 1. The first-order valence-electron chi connectivity index (χ1n) is 7.26. The summed E-state index contributed by atoms with van der Waals surface area (Å²) in [7, 11) is 1.70. The van der Waals surface area contributed by atoms with Crippen LogP contribution in [0.3, 0.4) is 0 Å². The van der Waals surface area contributed by atoms with Crippen LogP contribution >= 0.6 is 11.3 Å². The highest BCUT2D eigenvalue weighted by Crippen LogP contribution is 2.27. The van der Waals surface area contributed by atoms with Gasteiger partial charge in [-0.15, -0.1) is 11.3 Å². The van der Waals surface area contributed by atoms with E-state index in [1.165, 1.54) is 10.4 Å². The molecule has 2 aromatic rings. The molecule has 0 amide bonds. The summed E-state index contributed by atoms with van der Waals surface area (Å²) in [6, 6.07) is 6.18. The van der Waals surface area contributed by atoms with Gasteiger partial charge >= 0.3 is 0 Å². The van der Waals surface area contributed by atoms with E-state index in [1.807, 2.05) is 12.3 Å². The van der Waals surface area contributed by atoms with Gasteiger partial charge in [0.15, 0.2) is 5.13 Å². The van der Waals surface area contributed by atoms with Crippen molar-refractivity contribution < 1.29 is 4.74 Å². The summed E-state index contributed by atoms with van der Waals surface area (Å²) in [6.07, 6.45) is 1.95. The number of hydrogen-bond acceptors (Lipinski definition) is 5. The maximum Gasteiger partial charge on any atom is 0.185 e. The third kappa shape index (κ3) is 3.88. The minimum Gasteiger partial charge on any atom is -0.495 e. The Labute approximate surface area is 130 Å². The summed E-state index contributed by atoms with van der Waals surface area (Å²) < 4.78 is 5.41. The minimum atomic E-state index is 0.762. The van der Waals surface area contributed by atoms with E-state index < -0.39 is 0 Å². The molecule has 1 aromatic carbocycles. The predicted molar refractivity (Wildman–Crippen MR) is 90.7 cm³/mol. The molecule has 0 unspecified atom stereocenters. The second-order valence-electron chi connectivity index (χ2n) is 4.84. The Morgan fingerprint density at radius 3 is 2.71 bits per heavy atom. The van der Waals surface area contributed by atoms with Crippen molar-refractivity contribution in [3.8, 4) is 5.75 Å². The summed E-state index contributed by atoms with van der Waals surface area (Å²) in [5.41, 5.74) is 2.21. The molecular weight excluding hydrogens is 282 g/mol. The van der Waals surface area contributed by atoms with Crippen molar-refractivity contribution in [1.29, 1.82) is 0 Å². The number of methoxy groups -OCH3 is 1. The van der Waals surface area contributed by atoms with Gasteiger partial charge in [-0.25, -0.2) is 4.98 Å². The molecule has 114 valence electrons. The Balaban J connectivity index is 2.03. The molecule has 0 fully saturated rings. The number of aromatic nitrogens is 1. The van der Waals surface area contributed by atoms with Crippen LogP contribution in [0.1, 0.15) is 24.3 Å². The van der Waals surface area contributed by atoms with Gasteiger partial charge < -0.3 is 15.0 Å². The van der Waals surface area contributed by atoms with E-state index in [1.54, 1.807) is 18.4 Å². The van der Waals surface area contributed by atoms with E-state index in [-0.39, 0.29) is 0 Å². The molecule has 0 aliphatic carbocycles. The van der Waals surface area contributed by atoms with Crippen LogP contribution in [0.4, 0.5) is 10.8 Å². The number of ether oxygens (including phenoxy) is 1. The molecule has 0 aliphatic heterocycles. The number of nitrogens with one attached hydrogen (secondary N) is 1. The molecule has 1 aromatic heterocycles. The normalized spacial score (nSPS) is 10.5. The van der Waals surface area contributed by atoms with Crippen molar-refractivity contribution in [2.45, 2.75) is 27.3 Å². The van der Waals surface area contributed by atoms with E-state index >= 15 is 0 Å². The highest BCUT2D eigenvalue weighted by atomic mass is 32.1. The Morgan fingerprint density at radius 1 is 1.29 bits per heavy atom. The third-order valence-electron chi connectivity index (χ3n) is 3.39. The number of thiazole rings is 1. The average Bonchev–Trinajstić information content (AvgIpc) is 2.96. The Bertz CT molecular complexity index is 579. The average molecular weight is 305 g/mol. The van der Waals surface area contributed by atoms with Crippen molar-refractivity contribution in [3.63, 3.8) is 0 Å². The van der Waals surface area contributed by atoms with Crippen molar-refractivity contribution in [2.75, 3.05) is 30.4 Å². The number of anilines is 2. The van der Waals surface area contributed by atoms with Gasteiger partial charge in [0.2, 0.25) is 0 Å². The van der Waals surface area contributed by atoms with Crippen LogP contribution in [0.2, 0.25) is 0 Å². The Kier molecular flexibility index (Phi) is 5.44. The largest absolute Gasteiger partial charge is 0.495 e. The van der Waals surface area contributed by atoms with Crippen molar-refractivity contribution in [2.24, 2.45) is 0 Å². The molecule has 0 saturated carbocycles. The lowest BCUT2D eigenvalue weighted by atomic mass is 10.2. The van der Waals surface area contributed by atoms with Gasteiger partial charge in [0.1, 0.15) is 5.75 Å². The monoisotopic (exact) mass is 305 g/mol. The van der Waals surface area contributed by atoms with Crippen LogP contribution < -0.4 is 15.0 Å². The molecule has 4 nitrogen and oxygen atoms in total. The molecule has 0 aliphatic rings. The molecule has 0 saturated heterocycles. The second-order valence-corrected chi connectivity index (χ2v) is 5.93. The first-order valence-corrected chi connectivity index (χ1v) is 8.07. The standard InChI is InChI=1S/C16H23N3OS/c1-5-19(6-2)16-18-11-13(21-16)10-17-14-8-7-12(3)9-15(14)20-4/h7-9,11,17H,5-6,10H2,1-4H3. The highest BCUT2D eigenvalue weighted by Gasteiger charge is 2.08. The van der Waals surface area contributed by atoms with Crippen LogP contribution in [0.15, 0.2) is 24.4 Å². The minimum absolute atomic E-state index is 0.762. The number of rotatable bonds is 7. The molecule has 0 atom stereocenters. The van der Waals surface area contributed by atoms with Gasteiger partial charge in [-0.05, 0) is 38.5 Å². The lowest BCUT2D eigenvalue weighted by Gasteiger charge is -2.16. The van der Waals surface area contributed by atoms with E-state index in [0.717, 1.165) is 36.2 Å². The summed E-state index contributed by atoms with van der Waals surface area (Å²) in [4.78, 5) is 7.99. The first kappa shape index (κ1) is 15.6. The second kappa shape index (κ2) is 7.31. The lowest BCUT2D eigenvalue weighted by molar-refractivity contribution is 0.416. The van der Waals surface area contributed by atoms with Crippen LogP contribution in [-0.4, -0.2) is 25.2 Å². The lowest BCUT2D eigenvalue weighted by Crippen LogP contribution is -2.21. The zero-order valence-electron chi connectivity index (χ0n) is 13.1. The number of aryl methyl sites for hydroxylation is 1. The van der Waals surface area contributed by atoms with Crippen LogP contribution in [0.25, 0.3) is 0 Å².